The van der Waals surface area contributed by atoms with Gasteiger partial charge in [0.2, 0.25) is 5.91 Å². The first kappa shape index (κ1) is 18.0. The third-order valence-corrected chi connectivity index (χ3v) is 4.08. The highest BCUT2D eigenvalue weighted by Gasteiger charge is 2.29. The number of carbonyl (C=O) groups is 3. The molecular formula is C18H25N3O3. The van der Waals surface area contributed by atoms with E-state index >= 15 is 0 Å². The monoisotopic (exact) mass is 331 g/mol. The summed E-state index contributed by atoms with van der Waals surface area (Å²) in [7, 11) is 0. The zero-order valence-corrected chi connectivity index (χ0v) is 14.5. The molecule has 0 spiro atoms. The Morgan fingerprint density at radius 2 is 1.92 bits per heavy atom. The number of rotatable bonds is 7. The summed E-state index contributed by atoms with van der Waals surface area (Å²) in [5.74, 6) is 0.144. The van der Waals surface area contributed by atoms with Crippen molar-refractivity contribution in [2.45, 2.75) is 46.2 Å². The molecule has 4 amide bonds. The van der Waals surface area contributed by atoms with Gasteiger partial charge in [-0.3, -0.25) is 14.5 Å². The van der Waals surface area contributed by atoms with Gasteiger partial charge in [-0.05, 0) is 37.3 Å². The first-order valence-electron chi connectivity index (χ1n) is 8.35. The minimum atomic E-state index is -0.416. The summed E-state index contributed by atoms with van der Waals surface area (Å²) in [5, 5.41) is 5.48. The van der Waals surface area contributed by atoms with Gasteiger partial charge in [0.15, 0.2) is 0 Å². The molecule has 0 aliphatic carbocycles. The lowest BCUT2D eigenvalue weighted by Gasteiger charge is -2.18. The minimum absolute atomic E-state index is 0.0133. The van der Waals surface area contributed by atoms with Crippen LogP contribution in [0.15, 0.2) is 24.3 Å². The lowest BCUT2D eigenvalue weighted by atomic mass is 10.0. The van der Waals surface area contributed by atoms with Gasteiger partial charge in [-0.25, -0.2) is 4.79 Å². The van der Waals surface area contributed by atoms with Crippen LogP contribution < -0.4 is 10.6 Å². The van der Waals surface area contributed by atoms with Gasteiger partial charge in [0.25, 0.3) is 5.91 Å². The SMILES string of the molecule is CC(C)CCC(C)NC(=O)c1ccccc1CN1C(=O)CNC1=O. The van der Waals surface area contributed by atoms with Crippen molar-refractivity contribution in [1.82, 2.24) is 15.5 Å². The van der Waals surface area contributed by atoms with Crippen molar-refractivity contribution in [2.24, 2.45) is 5.92 Å². The summed E-state index contributed by atoms with van der Waals surface area (Å²) in [6.45, 7) is 6.41. The van der Waals surface area contributed by atoms with Crippen LogP contribution in [0.5, 0.6) is 0 Å². The van der Waals surface area contributed by atoms with Crippen molar-refractivity contribution in [3.63, 3.8) is 0 Å². The summed E-state index contributed by atoms with van der Waals surface area (Å²) in [4.78, 5) is 37.1. The third-order valence-electron chi connectivity index (χ3n) is 4.08. The smallest absolute Gasteiger partial charge is 0.324 e. The zero-order chi connectivity index (χ0) is 17.7. The van der Waals surface area contributed by atoms with Crippen molar-refractivity contribution in [3.8, 4) is 0 Å². The van der Waals surface area contributed by atoms with Gasteiger partial charge in [0, 0.05) is 11.6 Å². The second kappa shape index (κ2) is 7.95. The molecule has 1 unspecified atom stereocenters. The number of imide groups is 1. The largest absolute Gasteiger partial charge is 0.350 e. The molecule has 1 aromatic rings. The number of hydrogen-bond donors (Lipinski definition) is 2. The molecule has 2 rings (SSSR count). The van der Waals surface area contributed by atoms with E-state index in [9.17, 15) is 14.4 Å². The Morgan fingerprint density at radius 3 is 2.54 bits per heavy atom. The summed E-state index contributed by atoms with van der Waals surface area (Å²) in [6, 6.07) is 6.73. The molecule has 1 heterocycles. The average molecular weight is 331 g/mol. The quantitative estimate of drug-likeness (QED) is 0.753. The molecule has 24 heavy (non-hydrogen) atoms. The van der Waals surface area contributed by atoms with Gasteiger partial charge in [-0.15, -0.1) is 0 Å². The van der Waals surface area contributed by atoms with E-state index in [4.69, 9.17) is 0 Å². The van der Waals surface area contributed by atoms with Gasteiger partial charge in [-0.2, -0.15) is 0 Å². The highest BCUT2D eigenvalue weighted by atomic mass is 16.2. The summed E-state index contributed by atoms with van der Waals surface area (Å²) >= 11 is 0. The molecule has 1 atom stereocenters. The van der Waals surface area contributed by atoms with Crippen molar-refractivity contribution in [3.05, 3.63) is 35.4 Å². The van der Waals surface area contributed by atoms with E-state index in [1.807, 2.05) is 6.92 Å². The molecule has 2 N–H and O–H groups in total. The predicted octanol–water partition coefficient (Wildman–Crippen LogP) is 2.29. The maximum absolute atomic E-state index is 12.5. The predicted molar refractivity (Wildman–Crippen MR) is 91.4 cm³/mol. The molecule has 130 valence electrons. The number of carbonyl (C=O) groups excluding carboxylic acids is 3. The normalized spacial score (nSPS) is 15.6. The van der Waals surface area contributed by atoms with E-state index in [2.05, 4.69) is 24.5 Å². The highest BCUT2D eigenvalue weighted by Crippen LogP contribution is 2.15. The number of urea groups is 1. The maximum atomic E-state index is 12.5. The first-order valence-corrected chi connectivity index (χ1v) is 8.35. The third kappa shape index (κ3) is 4.57. The molecule has 0 aromatic heterocycles. The van der Waals surface area contributed by atoms with E-state index in [0.29, 0.717) is 17.0 Å². The number of nitrogens with one attached hydrogen (secondary N) is 2. The van der Waals surface area contributed by atoms with Crippen LogP contribution in [-0.2, 0) is 11.3 Å². The summed E-state index contributed by atoms with van der Waals surface area (Å²) in [5.41, 5.74) is 1.16. The van der Waals surface area contributed by atoms with Crippen molar-refractivity contribution in [1.29, 1.82) is 0 Å². The van der Waals surface area contributed by atoms with Crippen LogP contribution in [0.2, 0.25) is 0 Å². The molecule has 6 nitrogen and oxygen atoms in total. The number of nitrogens with zero attached hydrogens (tertiary/aromatic N) is 1. The Kier molecular flexibility index (Phi) is 5.95. The lowest BCUT2D eigenvalue weighted by molar-refractivity contribution is -0.125. The van der Waals surface area contributed by atoms with E-state index in [1.165, 1.54) is 0 Å². The minimum Gasteiger partial charge on any atom is -0.350 e. The van der Waals surface area contributed by atoms with Crippen molar-refractivity contribution >= 4 is 17.8 Å². The Morgan fingerprint density at radius 1 is 1.21 bits per heavy atom. The van der Waals surface area contributed by atoms with Crippen LogP contribution in [-0.4, -0.2) is 35.3 Å². The molecule has 0 saturated carbocycles. The maximum Gasteiger partial charge on any atom is 0.324 e. The van der Waals surface area contributed by atoms with E-state index in [-0.39, 0.29) is 30.9 Å². The average Bonchev–Trinajstić information content (AvgIpc) is 2.85. The standard InChI is InChI=1S/C18H25N3O3/c1-12(2)8-9-13(3)20-17(23)15-7-5-4-6-14(15)11-21-16(22)10-19-18(21)24/h4-7,12-13H,8-11H2,1-3H3,(H,19,24)(H,20,23). The van der Waals surface area contributed by atoms with E-state index in [0.717, 1.165) is 17.7 Å². The molecule has 0 bridgehead atoms. The molecular weight excluding hydrogens is 306 g/mol. The summed E-state index contributed by atoms with van der Waals surface area (Å²) in [6.07, 6.45) is 1.96. The molecule has 1 aromatic carbocycles. The topological polar surface area (TPSA) is 78.5 Å². The van der Waals surface area contributed by atoms with Crippen LogP contribution in [0, 0.1) is 5.92 Å². The molecule has 1 fully saturated rings. The van der Waals surface area contributed by atoms with Gasteiger partial charge in [-0.1, -0.05) is 32.0 Å². The Balaban J connectivity index is 2.06. The van der Waals surface area contributed by atoms with Crippen LogP contribution >= 0.6 is 0 Å². The van der Waals surface area contributed by atoms with Crippen LogP contribution in [0.3, 0.4) is 0 Å². The van der Waals surface area contributed by atoms with Crippen molar-refractivity contribution in [2.75, 3.05) is 6.54 Å². The zero-order valence-electron chi connectivity index (χ0n) is 14.5. The van der Waals surface area contributed by atoms with Gasteiger partial charge < -0.3 is 10.6 Å². The second-order valence-electron chi connectivity index (χ2n) is 6.64. The lowest BCUT2D eigenvalue weighted by Crippen LogP contribution is -2.35. The van der Waals surface area contributed by atoms with Crippen LogP contribution in [0.25, 0.3) is 0 Å². The van der Waals surface area contributed by atoms with Gasteiger partial charge >= 0.3 is 6.03 Å². The Labute approximate surface area is 142 Å². The molecule has 1 aliphatic rings. The van der Waals surface area contributed by atoms with Crippen LogP contribution in [0.1, 0.15) is 49.5 Å². The van der Waals surface area contributed by atoms with E-state index < -0.39 is 6.03 Å². The van der Waals surface area contributed by atoms with Gasteiger partial charge in [0.1, 0.15) is 0 Å². The molecule has 1 saturated heterocycles. The fourth-order valence-corrected chi connectivity index (χ4v) is 2.62. The number of benzene rings is 1. The number of amides is 4. The highest BCUT2D eigenvalue weighted by molar-refractivity contribution is 6.02. The Hall–Kier alpha value is -2.37. The number of hydrogen-bond acceptors (Lipinski definition) is 3. The van der Waals surface area contributed by atoms with Gasteiger partial charge in [0.05, 0.1) is 13.1 Å². The molecule has 1 aliphatic heterocycles. The fourth-order valence-electron chi connectivity index (χ4n) is 2.62. The van der Waals surface area contributed by atoms with E-state index in [1.54, 1.807) is 24.3 Å². The van der Waals surface area contributed by atoms with Crippen LogP contribution in [0.4, 0.5) is 4.79 Å². The molecule has 0 radical (unpaired) electrons. The Bertz CT molecular complexity index is 612. The fraction of sp³-hybridized carbons (Fsp3) is 0.500. The second-order valence-corrected chi connectivity index (χ2v) is 6.64. The van der Waals surface area contributed by atoms with Crippen molar-refractivity contribution < 1.29 is 14.4 Å². The summed E-state index contributed by atoms with van der Waals surface area (Å²) < 4.78 is 0. The first-order chi connectivity index (χ1) is 11.4. The molecule has 6 heteroatoms.